The zero-order valence-electron chi connectivity index (χ0n) is 15.0. The van der Waals surface area contributed by atoms with Crippen LogP contribution >= 0.6 is 11.6 Å². The maximum absolute atomic E-state index is 12.2. The summed E-state index contributed by atoms with van der Waals surface area (Å²) in [6.45, 7) is 6.08. The highest BCUT2D eigenvalue weighted by Gasteiger charge is 2.20. The van der Waals surface area contributed by atoms with Gasteiger partial charge in [-0.3, -0.25) is 19.7 Å². The van der Waals surface area contributed by atoms with Gasteiger partial charge in [0, 0.05) is 49.1 Å². The third-order valence-corrected chi connectivity index (χ3v) is 3.98. The number of amides is 2. The molecule has 25 heavy (non-hydrogen) atoms. The van der Waals surface area contributed by atoms with Gasteiger partial charge in [-0.25, -0.2) is 0 Å². The van der Waals surface area contributed by atoms with Crippen molar-refractivity contribution < 1.29 is 14.5 Å². The van der Waals surface area contributed by atoms with E-state index >= 15 is 0 Å². The number of nitrogens with zero attached hydrogens (tertiary/aromatic N) is 2. The van der Waals surface area contributed by atoms with Crippen LogP contribution < -0.4 is 5.32 Å². The molecule has 0 atom stereocenters. The Bertz CT molecular complexity index is 656. The lowest BCUT2D eigenvalue weighted by Crippen LogP contribution is -2.36. The number of nitro benzene ring substituents is 1. The van der Waals surface area contributed by atoms with Gasteiger partial charge in [0.2, 0.25) is 11.8 Å². The molecule has 0 spiro atoms. The van der Waals surface area contributed by atoms with Crippen LogP contribution in [0.15, 0.2) is 18.2 Å². The minimum Gasteiger partial charge on any atom is -0.356 e. The lowest BCUT2D eigenvalue weighted by Gasteiger charge is -2.19. The van der Waals surface area contributed by atoms with E-state index in [-0.39, 0.29) is 30.5 Å². The predicted octanol–water partition coefficient (Wildman–Crippen LogP) is 3.15. The number of benzene rings is 1. The van der Waals surface area contributed by atoms with Gasteiger partial charge in [-0.05, 0) is 18.1 Å². The highest BCUT2D eigenvalue weighted by molar-refractivity contribution is 6.31. The summed E-state index contributed by atoms with van der Waals surface area (Å²) in [5.41, 5.74) is -0.00237. The van der Waals surface area contributed by atoms with Gasteiger partial charge in [0.15, 0.2) is 0 Å². The average molecular weight is 370 g/mol. The lowest BCUT2D eigenvalue weighted by molar-refractivity contribution is -0.384. The molecule has 1 aromatic rings. The maximum atomic E-state index is 12.2. The standard InChI is InChI=1S/C17H24ClN3O4/c1-17(2,3)16(23)19-9-5-6-15(22)20(4)11-12-10-13(21(24)25)7-8-14(12)18/h7-8,10H,5-6,9,11H2,1-4H3,(H,19,23). The van der Waals surface area contributed by atoms with Gasteiger partial charge in [0.05, 0.1) is 4.92 Å². The van der Waals surface area contributed by atoms with Crippen molar-refractivity contribution in [2.75, 3.05) is 13.6 Å². The van der Waals surface area contributed by atoms with E-state index in [2.05, 4.69) is 5.32 Å². The molecule has 0 aromatic heterocycles. The summed E-state index contributed by atoms with van der Waals surface area (Å²) in [6, 6.07) is 4.15. The molecule has 0 radical (unpaired) electrons. The Morgan fingerprint density at radius 2 is 1.96 bits per heavy atom. The van der Waals surface area contributed by atoms with E-state index in [1.807, 2.05) is 20.8 Å². The molecule has 0 saturated carbocycles. The third kappa shape index (κ3) is 6.70. The molecule has 1 rings (SSSR count). The molecule has 0 saturated heterocycles. The molecule has 0 bridgehead atoms. The van der Waals surface area contributed by atoms with Gasteiger partial charge in [0.25, 0.3) is 5.69 Å². The van der Waals surface area contributed by atoms with Gasteiger partial charge >= 0.3 is 0 Å². The van der Waals surface area contributed by atoms with E-state index < -0.39 is 10.3 Å². The molecule has 1 aromatic carbocycles. The van der Waals surface area contributed by atoms with Gasteiger partial charge in [0.1, 0.15) is 0 Å². The summed E-state index contributed by atoms with van der Waals surface area (Å²) in [5.74, 6) is -0.177. The molecule has 0 aliphatic heterocycles. The molecule has 0 fully saturated rings. The van der Waals surface area contributed by atoms with Crippen molar-refractivity contribution in [3.63, 3.8) is 0 Å². The van der Waals surface area contributed by atoms with E-state index in [0.717, 1.165) is 0 Å². The highest BCUT2D eigenvalue weighted by atomic mass is 35.5. The number of halogens is 1. The number of carbonyl (C=O) groups is 2. The lowest BCUT2D eigenvalue weighted by atomic mass is 9.96. The number of hydrogen-bond donors (Lipinski definition) is 1. The summed E-state index contributed by atoms with van der Waals surface area (Å²) >= 11 is 6.05. The molecule has 8 heteroatoms. The zero-order valence-corrected chi connectivity index (χ0v) is 15.7. The minimum atomic E-state index is -0.500. The Balaban J connectivity index is 2.51. The van der Waals surface area contributed by atoms with E-state index in [9.17, 15) is 19.7 Å². The van der Waals surface area contributed by atoms with Crippen molar-refractivity contribution in [2.24, 2.45) is 5.41 Å². The normalized spacial score (nSPS) is 11.1. The monoisotopic (exact) mass is 369 g/mol. The summed E-state index contributed by atoms with van der Waals surface area (Å²) in [7, 11) is 1.62. The van der Waals surface area contributed by atoms with Gasteiger partial charge in [-0.1, -0.05) is 32.4 Å². The fourth-order valence-electron chi connectivity index (χ4n) is 2.04. The quantitative estimate of drug-likeness (QED) is 0.454. The molecular weight excluding hydrogens is 346 g/mol. The number of nitrogens with one attached hydrogen (secondary N) is 1. The topological polar surface area (TPSA) is 92.5 Å². The minimum absolute atomic E-state index is 0.0586. The second-order valence-electron chi connectivity index (χ2n) is 6.89. The van der Waals surface area contributed by atoms with Crippen LogP contribution in [0.1, 0.15) is 39.2 Å². The van der Waals surface area contributed by atoms with E-state index in [1.165, 1.54) is 23.1 Å². The van der Waals surface area contributed by atoms with Gasteiger partial charge in [-0.15, -0.1) is 0 Å². The fourth-order valence-corrected chi connectivity index (χ4v) is 2.21. The Morgan fingerprint density at radius 1 is 1.32 bits per heavy atom. The second kappa shape index (κ2) is 8.80. The SMILES string of the molecule is CN(Cc1cc([N+](=O)[O-])ccc1Cl)C(=O)CCCNC(=O)C(C)(C)C. The molecule has 0 aliphatic carbocycles. The average Bonchev–Trinajstić information content (AvgIpc) is 2.51. The largest absolute Gasteiger partial charge is 0.356 e. The van der Waals surface area contributed by atoms with Crippen LogP contribution in [0, 0.1) is 15.5 Å². The first-order chi connectivity index (χ1) is 11.5. The van der Waals surface area contributed by atoms with E-state index in [4.69, 9.17) is 11.6 Å². The van der Waals surface area contributed by atoms with Crippen molar-refractivity contribution in [3.8, 4) is 0 Å². The van der Waals surface area contributed by atoms with E-state index in [0.29, 0.717) is 23.6 Å². The number of rotatable bonds is 7. The molecular formula is C17H24ClN3O4. The first-order valence-corrected chi connectivity index (χ1v) is 8.35. The van der Waals surface area contributed by atoms with Crippen LogP contribution in [-0.4, -0.2) is 35.2 Å². The number of non-ortho nitro benzene ring substituents is 1. The van der Waals surface area contributed by atoms with Crippen LogP contribution in [-0.2, 0) is 16.1 Å². The molecule has 7 nitrogen and oxygen atoms in total. The van der Waals surface area contributed by atoms with Crippen LogP contribution in [0.25, 0.3) is 0 Å². The summed E-state index contributed by atoms with van der Waals surface area (Å²) < 4.78 is 0. The maximum Gasteiger partial charge on any atom is 0.269 e. The Hall–Kier alpha value is -2.15. The number of carbonyl (C=O) groups excluding carboxylic acids is 2. The van der Waals surface area contributed by atoms with Crippen molar-refractivity contribution in [2.45, 2.75) is 40.2 Å². The molecule has 1 N–H and O–H groups in total. The Kier molecular flexibility index (Phi) is 7.36. The van der Waals surface area contributed by atoms with E-state index in [1.54, 1.807) is 7.05 Å². The van der Waals surface area contributed by atoms with Crippen molar-refractivity contribution in [1.29, 1.82) is 0 Å². The smallest absolute Gasteiger partial charge is 0.269 e. The van der Waals surface area contributed by atoms with Gasteiger partial charge in [-0.2, -0.15) is 0 Å². The predicted molar refractivity (Wildman–Crippen MR) is 96.3 cm³/mol. The van der Waals surface area contributed by atoms with Crippen LogP contribution in [0.3, 0.4) is 0 Å². The Morgan fingerprint density at radius 3 is 2.52 bits per heavy atom. The third-order valence-electron chi connectivity index (χ3n) is 3.61. The number of nitro groups is 1. The first kappa shape index (κ1) is 20.9. The highest BCUT2D eigenvalue weighted by Crippen LogP contribution is 2.23. The summed E-state index contributed by atoms with van der Waals surface area (Å²) in [5, 5.41) is 14.0. The first-order valence-electron chi connectivity index (χ1n) is 7.97. The molecule has 0 aliphatic rings. The van der Waals surface area contributed by atoms with Gasteiger partial charge < -0.3 is 10.2 Å². The zero-order chi connectivity index (χ0) is 19.2. The molecule has 138 valence electrons. The molecule has 0 unspecified atom stereocenters. The molecule has 0 heterocycles. The Labute approximate surface area is 152 Å². The van der Waals surface area contributed by atoms with Crippen molar-refractivity contribution >= 4 is 29.1 Å². The molecule has 2 amide bonds. The van der Waals surface area contributed by atoms with Crippen molar-refractivity contribution in [1.82, 2.24) is 10.2 Å². The summed E-state index contributed by atoms with van der Waals surface area (Å²) in [4.78, 5) is 35.7. The van der Waals surface area contributed by atoms with Crippen molar-refractivity contribution in [3.05, 3.63) is 38.9 Å². The van der Waals surface area contributed by atoms with Crippen LogP contribution in [0.2, 0.25) is 5.02 Å². The van der Waals surface area contributed by atoms with Crippen LogP contribution in [0.5, 0.6) is 0 Å². The number of hydrogen-bond acceptors (Lipinski definition) is 4. The summed E-state index contributed by atoms with van der Waals surface area (Å²) in [6.07, 6.45) is 0.793. The second-order valence-corrected chi connectivity index (χ2v) is 7.30. The fraction of sp³-hybridized carbons (Fsp3) is 0.529. The van der Waals surface area contributed by atoms with Crippen LogP contribution in [0.4, 0.5) is 5.69 Å².